The van der Waals surface area contributed by atoms with Gasteiger partial charge in [-0.15, -0.1) is 5.10 Å². The maximum atomic E-state index is 12.4. The Morgan fingerprint density at radius 3 is 2.44 bits per heavy atom. The fourth-order valence-electron chi connectivity index (χ4n) is 2.49. The molecule has 1 heterocycles. The second kappa shape index (κ2) is 9.50. The van der Waals surface area contributed by atoms with Crippen LogP contribution in [0.1, 0.15) is 25.0 Å². The van der Waals surface area contributed by atoms with Crippen LogP contribution in [0.3, 0.4) is 0 Å². The lowest BCUT2D eigenvalue weighted by Gasteiger charge is -2.23. The van der Waals surface area contributed by atoms with Crippen LogP contribution in [0.15, 0.2) is 23.4 Å². The zero-order valence-electron chi connectivity index (χ0n) is 16.5. The van der Waals surface area contributed by atoms with Gasteiger partial charge in [0.05, 0.1) is 18.0 Å². The van der Waals surface area contributed by atoms with Crippen molar-refractivity contribution >= 4 is 23.6 Å². The molecule has 27 heavy (non-hydrogen) atoms. The van der Waals surface area contributed by atoms with E-state index in [4.69, 9.17) is 0 Å². The minimum absolute atomic E-state index is 0.0548. The van der Waals surface area contributed by atoms with Gasteiger partial charge in [-0.25, -0.2) is 0 Å². The van der Waals surface area contributed by atoms with Crippen LogP contribution in [-0.2, 0) is 9.59 Å². The molecule has 0 spiro atoms. The number of aryl methyl sites for hydroxylation is 2. The number of carbonyl (C=O) groups excluding carboxylic acids is 2. The summed E-state index contributed by atoms with van der Waals surface area (Å²) in [6.07, 6.45) is 0. The summed E-state index contributed by atoms with van der Waals surface area (Å²) >= 11 is 1.25. The molecule has 0 fully saturated rings. The molecule has 0 saturated carbocycles. The third kappa shape index (κ3) is 5.29. The number of amides is 2. The van der Waals surface area contributed by atoms with E-state index in [1.54, 1.807) is 16.6 Å². The molecule has 0 bridgehead atoms. The molecule has 0 radical (unpaired) electrons. The van der Waals surface area contributed by atoms with Gasteiger partial charge in [0, 0.05) is 20.1 Å². The molecule has 1 aromatic heterocycles. The Balaban J connectivity index is 1.99. The molecule has 0 N–H and O–H groups in total. The van der Waals surface area contributed by atoms with Gasteiger partial charge < -0.3 is 9.80 Å². The number of rotatable bonds is 8. The molecule has 2 aromatic rings. The van der Waals surface area contributed by atoms with Crippen molar-refractivity contribution in [3.63, 3.8) is 0 Å². The summed E-state index contributed by atoms with van der Waals surface area (Å²) in [5, 5.41) is 12.3. The van der Waals surface area contributed by atoms with E-state index >= 15 is 0 Å². The van der Waals surface area contributed by atoms with Gasteiger partial charge in [-0.2, -0.15) is 4.68 Å². The fourth-order valence-corrected chi connectivity index (χ4v) is 3.32. The standard InChI is InChI=1S/C18H26N6O2S/c1-6-23(7-2)16(25)11-22(5)17(26)12-27-18-19-20-21-24(18)15-9-8-13(3)14(4)10-15/h8-10H,6-7,11-12H2,1-5H3. The lowest BCUT2D eigenvalue weighted by molar-refractivity contribution is -0.137. The van der Waals surface area contributed by atoms with Crippen molar-refractivity contribution in [2.75, 3.05) is 32.4 Å². The summed E-state index contributed by atoms with van der Waals surface area (Å²) in [6.45, 7) is 9.26. The molecule has 0 saturated heterocycles. The number of carbonyl (C=O) groups is 2. The fraction of sp³-hybridized carbons (Fsp3) is 0.500. The van der Waals surface area contributed by atoms with E-state index in [1.165, 1.54) is 22.2 Å². The molecule has 0 unspecified atom stereocenters. The lowest BCUT2D eigenvalue weighted by atomic mass is 10.1. The molecule has 1 aromatic carbocycles. The van der Waals surface area contributed by atoms with Crippen molar-refractivity contribution in [2.45, 2.75) is 32.9 Å². The number of tetrazole rings is 1. The van der Waals surface area contributed by atoms with E-state index in [-0.39, 0.29) is 24.1 Å². The van der Waals surface area contributed by atoms with Crippen LogP contribution in [0, 0.1) is 13.8 Å². The zero-order chi connectivity index (χ0) is 20.0. The number of benzene rings is 1. The average Bonchev–Trinajstić information content (AvgIpc) is 3.11. The van der Waals surface area contributed by atoms with E-state index in [0.29, 0.717) is 18.2 Å². The smallest absolute Gasteiger partial charge is 0.242 e. The SMILES string of the molecule is CCN(CC)C(=O)CN(C)C(=O)CSc1nnnn1-c1ccc(C)c(C)c1. The Kier molecular flexibility index (Phi) is 7.35. The average molecular weight is 391 g/mol. The van der Waals surface area contributed by atoms with Crippen molar-refractivity contribution in [2.24, 2.45) is 0 Å². The third-order valence-electron chi connectivity index (χ3n) is 4.42. The van der Waals surface area contributed by atoms with E-state index in [2.05, 4.69) is 15.5 Å². The van der Waals surface area contributed by atoms with Crippen LogP contribution in [0.5, 0.6) is 0 Å². The molecule has 2 amide bonds. The van der Waals surface area contributed by atoms with Crippen molar-refractivity contribution < 1.29 is 9.59 Å². The highest BCUT2D eigenvalue weighted by Crippen LogP contribution is 2.20. The molecule has 0 aliphatic carbocycles. The molecular weight excluding hydrogens is 364 g/mol. The number of hydrogen-bond acceptors (Lipinski definition) is 6. The highest BCUT2D eigenvalue weighted by Gasteiger charge is 2.18. The molecule has 8 nitrogen and oxygen atoms in total. The molecule has 0 aliphatic heterocycles. The maximum absolute atomic E-state index is 12.4. The normalized spacial score (nSPS) is 10.7. The van der Waals surface area contributed by atoms with Gasteiger partial charge in [0.2, 0.25) is 17.0 Å². The Morgan fingerprint density at radius 1 is 1.11 bits per heavy atom. The summed E-state index contributed by atoms with van der Waals surface area (Å²) in [5.74, 6) is -0.0382. The number of thioether (sulfide) groups is 1. The summed E-state index contributed by atoms with van der Waals surface area (Å²) in [7, 11) is 1.64. The summed E-state index contributed by atoms with van der Waals surface area (Å²) in [5.41, 5.74) is 3.18. The quantitative estimate of drug-likeness (QED) is 0.638. The zero-order valence-corrected chi connectivity index (χ0v) is 17.3. The van der Waals surface area contributed by atoms with Gasteiger partial charge in [0.1, 0.15) is 0 Å². The second-order valence-electron chi connectivity index (χ2n) is 6.25. The van der Waals surface area contributed by atoms with Gasteiger partial charge in [0.25, 0.3) is 0 Å². The van der Waals surface area contributed by atoms with E-state index in [1.807, 2.05) is 45.9 Å². The predicted molar refractivity (Wildman–Crippen MR) is 105 cm³/mol. The monoisotopic (exact) mass is 390 g/mol. The van der Waals surface area contributed by atoms with Gasteiger partial charge >= 0.3 is 0 Å². The van der Waals surface area contributed by atoms with Crippen molar-refractivity contribution in [3.05, 3.63) is 29.3 Å². The number of nitrogens with zero attached hydrogens (tertiary/aromatic N) is 6. The van der Waals surface area contributed by atoms with Crippen LogP contribution in [-0.4, -0.2) is 74.3 Å². The molecule has 0 aliphatic rings. The highest BCUT2D eigenvalue weighted by atomic mass is 32.2. The number of aromatic nitrogens is 4. The van der Waals surface area contributed by atoms with Crippen LogP contribution < -0.4 is 0 Å². The molecular formula is C18H26N6O2S. The third-order valence-corrected chi connectivity index (χ3v) is 5.32. The topological polar surface area (TPSA) is 84.2 Å². The Hall–Kier alpha value is -2.42. The predicted octanol–water partition coefficient (Wildman–Crippen LogP) is 1.70. The second-order valence-corrected chi connectivity index (χ2v) is 7.19. The van der Waals surface area contributed by atoms with E-state index in [9.17, 15) is 9.59 Å². The van der Waals surface area contributed by atoms with Gasteiger partial charge in [-0.3, -0.25) is 9.59 Å². The molecule has 9 heteroatoms. The first-order chi connectivity index (χ1) is 12.9. The van der Waals surface area contributed by atoms with Gasteiger partial charge in [-0.05, 0) is 61.4 Å². The molecule has 2 rings (SSSR count). The summed E-state index contributed by atoms with van der Waals surface area (Å²) < 4.78 is 1.62. The first-order valence-corrected chi connectivity index (χ1v) is 9.86. The van der Waals surface area contributed by atoms with Crippen LogP contribution >= 0.6 is 11.8 Å². The maximum Gasteiger partial charge on any atom is 0.242 e. The van der Waals surface area contributed by atoms with Crippen molar-refractivity contribution in [1.82, 2.24) is 30.0 Å². The Morgan fingerprint density at radius 2 is 1.81 bits per heavy atom. The van der Waals surface area contributed by atoms with Crippen LogP contribution in [0.2, 0.25) is 0 Å². The lowest BCUT2D eigenvalue weighted by Crippen LogP contribution is -2.41. The summed E-state index contributed by atoms with van der Waals surface area (Å²) in [6, 6.07) is 5.96. The number of likely N-dealkylation sites (N-methyl/N-ethyl adjacent to an activating group) is 2. The van der Waals surface area contributed by atoms with Crippen LogP contribution in [0.25, 0.3) is 5.69 Å². The minimum atomic E-state index is -0.143. The van der Waals surface area contributed by atoms with Gasteiger partial charge in [-0.1, -0.05) is 17.8 Å². The van der Waals surface area contributed by atoms with E-state index < -0.39 is 0 Å². The molecule has 146 valence electrons. The van der Waals surface area contributed by atoms with Crippen molar-refractivity contribution in [1.29, 1.82) is 0 Å². The van der Waals surface area contributed by atoms with Crippen LogP contribution in [0.4, 0.5) is 0 Å². The first-order valence-electron chi connectivity index (χ1n) is 8.87. The first kappa shape index (κ1) is 20.9. The minimum Gasteiger partial charge on any atom is -0.342 e. The largest absolute Gasteiger partial charge is 0.342 e. The Bertz CT molecular complexity index is 803. The van der Waals surface area contributed by atoms with Crippen molar-refractivity contribution in [3.8, 4) is 5.69 Å². The highest BCUT2D eigenvalue weighted by molar-refractivity contribution is 7.99. The number of hydrogen-bond donors (Lipinski definition) is 0. The van der Waals surface area contributed by atoms with E-state index in [0.717, 1.165) is 11.3 Å². The molecule has 0 atom stereocenters. The summed E-state index contributed by atoms with van der Waals surface area (Å²) in [4.78, 5) is 27.7. The Labute approximate surface area is 163 Å². The van der Waals surface area contributed by atoms with Gasteiger partial charge in [0.15, 0.2) is 0 Å².